The third-order valence-corrected chi connectivity index (χ3v) is 4.91. The topological polar surface area (TPSA) is 71.2 Å². The normalized spacial score (nSPS) is 20.1. The molecule has 1 amide bonds. The molecule has 0 radical (unpaired) electrons. The molecule has 2 aromatic carbocycles. The van der Waals surface area contributed by atoms with Crippen LogP contribution < -0.4 is 0 Å². The molecule has 2 heterocycles. The average Bonchev–Trinajstić information content (AvgIpc) is 3.23. The lowest BCUT2D eigenvalue weighted by molar-refractivity contribution is 0.0382. The van der Waals surface area contributed by atoms with Crippen molar-refractivity contribution in [2.75, 3.05) is 13.1 Å². The van der Waals surface area contributed by atoms with Crippen LogP contribution in [0.15, 0.2) is 67.3 Å². The number of rotatable bonds is 3. The van der Waals surface area contributed by atoms with E-state index in [1.54, 1.807) is 28.2 Å². The van der Waals surface area contributed by atoms with Crippen LogP contribution in [0.1, 0.15) is 28.3 Å². The van der Waals surface area contributed by atoms with Crippen LogP contribution in [-0.4, -0.2) is 49.9 Å². The van der Waals surface area contributed by atoms with Gasteiger partial charge in [0, 0.05) is 30.3 Å². The van der Waals surface area contributed by atoms with Gasteiger partial charge >= 0.3 is 0 Å². The fourth-order valence-electron chi connectivity index (χ4n) is 3.52. The highest BCUT2D eigenvalue weighted by Gasteiger charge is 2.31. The maximum atomic E-state index is 12.9. The Kier molecular flexibility index (Phi) is 4.50. The van der Waals surface area contributed by atoms with E-state index in [4.69, 9.17) is 0 Å². The second-order valence-electron chi connectivity index (χ2n) is 6.54. The van der Waals surface area contributed by atoms with Crippen LogP contribution in [0.25, 0.3) is 5.69 Å². The summed E-state index contributed by atoms with van der Waals surface area (Å²) in [6.07, 6.45) is 3.38. The van der Waals surface area contributed by atoms with Crippen molar-refractivity contribution in [1.29, 1.82) is 0 Å². The molecule has 0 bridgehead atoms. The van der Waals surface area contributed by atoms with Crippen LogP contribution in [0.2, 0.25) is 0 Å². The third-order valence-electron chi connectivity index (χ3n) is 4.91. The van der Waals surface area contributed by atoms with Gasteiger partial charge in [0.1, 0.15) is 12.7 Å². The first-order valence-electron chi connectivity index (χ1n) is 8.70. The Bertz CT molecular complexity index is 880. The molecule has 1 fully saturated rings. The lowest BCUT2D eigenvalue weighted by Gasteiger charge is -2.36. The largest absolute Gasteiger partial charge is 0.391 e. The van der Waals surface area contributed by atoms with Gasteiger partial charge < -0.3 is 10.0 Å². The minimum absolute atomic E-state index is 0.0644. The Morgan fingerprint density at radius 2 is 1.81 bits per heavy atom. The second-order valence-corrected chi connectivity index (χ2v) is 6.54. The summed E-state index contributed by atoms with van der Waals surface area (Å²) < 4.78 is 1.76. The van der Waals surface area contributed by atoms with Crippen LogP contribution in [0, 0.1) is 0 Å². The van der Waals surface area contributed by atoms with Crippen LogP contribution in [-0.2, 0) is 0 Å². The van der Waals surface area contributed by atoms with Gasteiger partial charge in [0.2, 0.25) is 0 Å². The number of hydrogen-bond acceptors (Lipinski definition) is 4. The van der Waals surface area contributed by atoms with E-state index in [1.165, 1.54) is 0 Å². The molecule has 3 aromatic rings. The van der Waals surface area contributed by atoms with Crippen molar-refractivity contribution in [2.24, 2.45) is 0 Å². The third kappa shape index (κ3) is 3.23. The molecule has 132 valence electrons. The Balaban J connectivity index is 1.49. The van der Waals surface area contributed by atoms with Crippen molar-refractivity contribution >= 4 is 5.91 Å². The van der Waals surface area contributed by atoms with E-state index in [-0.39, 0.29) is 11.8 Å². The highest BCUT2D eigenvalue weighted by molar-refractivity contribution is 5.94. The number of piperidine rings is 1. The van der Waals surface area contributed by atoms with Gasteiger partial charge in [0.15, 0.2) is 0 Å². The predicted octanol–water partition coefficient (Wildman–Crippen LogP) is 2.26. The van der Waals surface area contributed by atoms with Gasteiger partial charge in [0.05, 0.1) is 6.10 Å². The summed E-state index contributed by atoms with van der Waals surface area (Å²) in [4.78, 5) is 14.6. The summed E-state index contributed by atoms with van der Waals surface area (Å²) in [5.74, 6) is 0.00842. The first kappa shape index (κ1) is 16.5. The van der Waals surface area contributed by atoms with E-state index >= 15 is 0 Å². The lowest BCUT2D eigenvalue weighted by Crippen LogP contribution is -2.45. The average molecular weight is 348 g/mol. The van der Waals surface area contributed by atoms with Crippen molar-refractivity contribution in [3.05, 3.63) is 78.4 Å². The van der Waals surface area contributed by atoms with Crippen molar-refractivity contribution in [2.45, 2.75) is 18.4 Å². The first-order chi connectivity index (χ1) is 12.7. The molecule has 26 heavy (non-hydrogen) atoms. The molecule has 6 heteroatoms. The van der Waals surface area contributed by atoms with Gasteiger partial charge in [-0.15, -0.1) is 10.2 Å². The van der Waals surface area contributed by atoms with E-state index < -0.39 is 6.10 Å². The molecule has 2 atom stereocenters. The van der Waals surface area contributed by atoms with Crippen molar-refractivity contribution in [3.63, 3.8) is 0 Å². The number of β-amino-alcohol motifs (C(OH)–C–C–N with tert-alkyl or cyclic N) is 1. The molecule has 4 rings (SSSR count). The van der Waals surface area contributed by atoms with Crippen LogP contribution in [0.5, 0.6) is 0 Å². The number of carbonyl (C=O) groups excluding carboxylic acids is 1. The number of nitrogens with zero attached hydrogens (tertiary/aromatic N) is 4. The Labute approximate surface area is 151 Å². The van der Waals surface area contributed by atoms with E-state index in [9.17, 15) is 9.90 Å². The number of hydrogen-bond donors (Lipinski definition) is 1. The molecule has 0 saturated carbocycles. The SMILES string of the molecule is O=C(c1cccc(-n2cnnc2)c1)N1CC[C@H](c2ccccc2)[C@H](O)C1. The number of amides is 1. The van der Waals surface area contributed by atoms with Gasteiger partial charge in [-0.3, -0.25) is 9.36 Å². The minimum Gasteiger partial charge on any atom is -0.391 e. The molecule has 0 spiro atoms. The lowest BCUT2D eigenvalue weighted by atomic mass is 9.87. The number of carbonyl (C=O) groups is 1. The molecular formula is C20H20N4O2. The van der Waals surface area contributed by atoms with Gasteiger partial charge in [-0.2, -0.15) is 0 Å². The Morgan fingerprint density at radius 1 is 1.04 bits per heavy atom. The van der Waals surface area contributed by atoms with Crippen LogP contribution in [0.3, 0.4) is 0 Å². The number of aliphatic hydroxyl groups excluding tert-OH is 1. The Morgan fingerprint density at radius 3 is 2.54 bits per heavy atom. The number of aromatic nitrogens is 3. The minimum atomic E-state index is -0.559. The van der Waals surface area contributed by atoms with Crippen molar-refractivity contribution in [1.82, 2.24) is 19.7 Å². The monoisotopic (exact) mass is 348 g/mol. The maximum absolute atomic E-state index is 12.9. The summed E-state index contributed by atoms with van der Waals surface area (Å²) in [5, 5.41) is 18.2. The first-order valence-corrected chi connectivity index (χ1v) is 8.70. The molecule has 0 aliphatic carbocycles. The molecule has 1 aliphatic heterocycles. The quantitative estimate of drug-likeness (QED) is 0.788. The zero-order valence-electron chi connectivity index (χ0n) is 14.3. The number of likely N-dealkylation sites (tertiary alicyclic amines) is 1. The molecule has 1 saturated heterocycles. The molecule has 1 aliphatic rings. The van der Waals surface area contributed by atoms with Gasteiger partial charge in [0.25, 0.3) is 5.91 Å². The summed E-state index contributed by atoms with van der Waals surface area (Å²) in [6.45, 7) is 0.974. The Hall–Kier alpha value is -2.99. The van der Waals surface area contributed by atoms with Crippen molar-refractivity contribution < 1.29 is 9.90 Å². The zero-order valence-corrected chi connectivity index (χ0v) is 14.3. The van der Waals surface area contributed by atoms with Crippen LogP contribution in [0.4, 0.5) is 0 Å². The van der Waals surface area contributed by atoms with Gasteiger partial charge in [-0.05, 0) is 30.2 Å². The van der Waals surface area contributed by atoms with Gasteiger partial charge in [-0.1, -0.05) is 36.4 Å². The molecule has 6 nitrogen and oxygen atoms in total. The summed E-state index contributed by atoms with van der Waals surface area (Å²) in [5.41, 5.74) is 2.56. The molecule has 1 aromatic heterocycles. The van der Waals surface area contributed by atoms with E-state index in [1.807, 2.05) is 48.5 Å². The molecule has 0 unspecified atom stereocenters. The fraction of sp³-hybridized carbons (Fsp3) is 0.250. The summed E-state index contributed by atoms with van der Waals surface area (Å²) in [6, 6.07) is 17.4. The zero-order chi connectivity index (χ0) is 17.9. The maximum Gasteiger partial charge on any atom is 0.254 e. The smallest absolute Gasteiger partial charge is 0.254 e. The van der Waals surface area contributed by atoms with Gasteiger partial charge in [-0.25, -0.2) is 0 Å². The summed E-state index contributed by atoms with van der Waals surface area (Å²) >= 11 is 0. The summed E-state index contributed by atoms with van der Waals surface area (Å²) in [7, 11) is 0. The number of aliphatic hydroxyl groups is 1. The van der Waals surface area contributed by atoms with E-state index in [2.05, 4.69) is 10.2 Å². The predicted molar refractivity (Wildman–Crippen MR) is 97.1 cm³/mol. The van der Waals surface area contributed by atoms with Crippen molar-refractivity contribution in [3.8, 4) is 5.69 Å². The van der Waals surface area contributed by atoms with Crippen LogP contribution >= 0.6 is 0 Å². The highest BCUT2D eigenvalue weighted by Crippen LogP contribution is 2.29. The van der Waals surface area contributed by atoms with E-state index in [0.717, 1.165) is 17.7 Å². The molecule has 1 N–H and O–H groups in total. The number of benzene rings is 2. The van der Waals surface area contributed by atoms with E-state index in [0.29, 0.717) is 18.7 Å². The second kappa shape index (κ2) is 7.09. The highest BCUT2D eigenvalue weighted by atomic mass is 16.3. The fourth-order valence-corrected chi connectivity index (χ4v) is 3.52. The standard InChI is InChI=1S/C20H20N4O2/c25-19-12-23(10-9-18(19)15-5-2-1-3-6-15)20(26)16-7-4-8-17(11-16)24-13-21-22-14-24/h1-8,11,13-14,18-19,25H,9-10,12H2/t18-,19-/m1/s1. The molecular weight excluding hydrogens is 328 g/mol.